The van der Waals surface area contributed by atoms with Gasteiger partial charge in [-0.05, 0) is 103 Å². The third-order valence-corrected chi connectivity index (χ3v) is 11.1. The fraction of sp³-hybridized carbons (Fsp3) is 0.561. The van der Waals surface area contributed by atoms with Gasteiger partial charge in [-0.25, -0.2) is 0 Å². The predicted molar refractivity (Wildman–Crippen MR) is 283 cm³/mol. The molecule has 8 nitrogen and oxygen atoms in total. The van der Waals surface area contributed by atoms with Crippen LogP contribution in [0.1, 0.15) is 155 Å². The lowest BCUT2D eigenvalue weighted by Gasteiger charge is -2.30. The molecule has 0 aliphatic heterocycles. The van der Waals surface area contributed by atoms with Gasteiger partial charge in [0.25, 0.3) is 7.82 Å². The van der Waals surface area contributed by atoms with Gasteiger partial charge in [-0.1, -0.05) is 192 Å². The van der Waals surface area contributed by atoms with E-state index >= 15 is 0 Å². The van der Waals surface area contributed by atoms with E-state index in [1.807, 2.05) is 21.1 Å². The molecule has 0 radical (unpaired) electrons. The van der Waals surface area contributed by atoms with Gasteiger partial charge in [0.05, 0.1) is 39.9 Å². The van der Waals surface area contributed by atoms with Gasteiger partial charge in [0, 0.05) is 6.42 Å². The quantitative estimate of drug-likeness (QED) is 0.0273. The number of rotatable bonds is 43. The number of amides is 1. The van der Waals surface area contributed by atoms with Crippen molar-refractivity contribution in [3.05, 3.63) is 146 Å². The Bertz CT molecular complexity index is 1570. The number of nitrogens with zero attached hydrogens (tertiary/aromatic N) is 1. The number of aliphatic hydroxyl groups is 1. The minimum absolute atomic E-state index is 0.00578. The highest BCUT2D eigenvalue weighted by atomic mass is 31.2. The Balaban J connectivity index is 4.09. The van der Waals surface area contributed by atoms with E-state index < -0.39 is 20.0 Å². The number of unbranched alkanes of at least 4 members (excludes halogenated alkanes) is 6. The standard InChI is InChI=1S/C57H93N2O6P/c1-6-8-10-12-13-14-15-16-17-18-19-20-21-22-23-24-25-26-27-28-29-30-31-32-33-34-35-36-37-38-39-40-41-42-43-44-45-47-49-51-57(61)58-55(56(60)50-48-46-11-9-7-2)54-65-66(62,63)64-53-52-59(3,4)5/h8,10,13-14,16-17,19-20,22-23,25-26,28-29,31-32,34-35,37-38,40-41,43-44,55-56,60H,6-7,9,11-12,15,18,21,24,27,30,33,36,39,42,45-54H2,1-5H3,(H-,58,61,62,63)/b10-8-,14-13-,17-16-,20-19-,23-22-,26-25-,29-28-,32-31-,35-34-,38-37-,41-40-,44-43-. The summed E-state index contributed by atoms with van der Waals surface area (Å²) in [6, 6.07) is -0.830. The second kappa shape index (κ2) is 46.5. The van der Waals surface area contributed by atoms with Gasteiger partial charge < -0.3 is 28.8 Å². The van der Waals surface area contributed by atoms with Crippen molar-refractivity contribution in [3.8, 4) is 0 Å². The Morgan fingerprint density at radius 1 is 0.545 bits per heavy atom. The highest BCUT2D eigenvalue weighted by Gasteiger charge is 2.24. The maximum Gasteiger partial charge on any atom is 0.268 e. The van der Waals surface area contributed by atoms with Crippen LogP contribution >= 0.6 is 7.82 Å². The van der Waals surface area contributed by atoms with Crippen LogP contribution < -0.4 is 10.2 Å². The minimum Gasteiger partial charge on any atom is -0.756 e. The fourth-order valence-electron chi connectivity index (χ4n) is 6.13. The number of carbonyl (C=O) groups excluding carboxylic acids is 1. The third kappa shape index (κ3) is 48.3. The number of likely N-dealkylation sites (N-methyl/N-ethyl adjacent to an activating group) is 1. The average Bonchev–Trinajstić information content (AvgIpc) is 3.27. The molecule has 0 rings (SSSR count). The van der Waals surface area contributed by atoms with Gasteiger partial charge in [-0.3, -0.25) is 9.36 Å². The van der Waals surface area contributed by atoms with Crippen molar-refractivity contribution in [1.29, 1.82) is 0 Å². The number of aliphatic hydroxyl groups excluding tert-OH is 1. The predicted octanol–water partition coefficient (Wildman–Crippen LogP) is 14.3. The Morgan fingerprint density at radius 2 is 0.924 bits per heavy atom. The molecule has 0 aliphatic rings. The molecular formula is C57H93N2O6P. The van der Waals surface area contributed by atoms with E-state index in [0.29, 0.717) is 30.3 Å². The zero-order chi connectivity index (χ0) is 48.5. The van der Waals surface area contributed by atoms with E-state index in [1.54, 1.807) is 0 Å². The van der Waals surface area contributed by atoms with Crippen molar-refractivity contribution < 1.29 is 32.9 Å². The Kier molecular flexibility index (Phi) is 43.9. The zero-order valence-corrected chi connectivity index (χ0v) is 43.0. The topological polar surface area (TPSA) is 108 Å². The molecule has 0 aliphatic carbocycles. The summed E-state index contributed by atoms with van der Waals surface area (Å²) in [6.07, 6.45) is 72.2. The molecule has 3 atom stereocenters. The Hall–Kier alpha value is -3.62. The Morgan fingerprint density at radius 3 is 1.30 bits per heavy atom. The average molecular weight is 933 g/mol. The number of nitrogens with one attached hydrogen (secondary N) is 1. The number of allylic oxidation sites excluding steroid dienone is 24. The van der Waals surface area contributed by atoms with Crippen LogP contribution in [0.5, 0.6) is 0 Å². The Labute approximate surface area is 404 Å². The van der Waals surface area contributed by atoms with Crippen LogP contribution in [0.2, 0.25) is 0 Å². The number of carbonyl (C=O) groups is 1. The van der Waals surface area contributed by atoms with Crippen LogP contribution in [0.3, 0.4) is 0 Å². The van der Waals surface area contributed by atoms with Crippen molar-refractivity contribution in [3.63, 3.8) is 0 Å². The van der Waals surface area contributed by atoms with Gasteiger partial charge in [-0.15, -0.1) is 0 Å². The van der Waals surface area contributed by atoms with E-state index in [1.165, 1.54) is 0 Å². The van der Waals surface area contributed by atoms with Crippen LogP contribution in [0.4, 0.5) is 0 Å². The van der Waals surface area contributed by atoms with Crippen LogP contribution in [0.15, 0.2) is 146 Å². The molecule has 372 valence electrons. The zero-order valence-electron chi connectivity index (χ0n) is 42.1. The lowest BCUT2D eigenvalue weighted by atomic mass is 10.0. The molecule has 9 heteroatoms. The van der Waals surface area contributed by atoms with Gasteiger partial charge in [0.1, 0.15) is 13.2 Å². The number of hydrogen-bond donors (Lipinski definition) is 2. The summed E-state index contributed by atoms with van der Waals surface area (Å²) in [4.78, 5) is 25.1. The molecule has 0 bridgehead atoms. The van der Waals surface area contributed by atoms with E-state index in [9.17, 15) is 19.4 Å². The van der Waals surface area contributed by atoms with Crippen molar-refractivity contribution in [1.82, 2.24) is 5.32 Å². The largest absolute Gasteiger partial charge is 0.756 e. The first-order valence-electron chi connectivity index (χ1n) is 25.2. The van der Waals surface area contributed by atoms with Crippen molar-refractivity contribution in [2.75, 3.05) is 40.9 Å². The molecular weight excluding hydrogens is 840 g/mol. The van der Waals surface area contributed by atoms with Gasteiger partial charge in [-0.2, -0.15) is 0 Å². The molecule has 0 fully saturated rings. The molecule has 2 N–H and O–H groups in total. The summed E-state index contributed by atoms with van der Waals surface area (Å²) in [5, 5.41) is 13.7. The second-order valence-electron chi connectivity index (χ2n) is 17.4. The van der Waals surface area contributed by atoms with Gasteiger partial charge >= 0.3 is 0 Å². The van der Waals surface area contributed by atoms with Crippen LogP contribution in [-0.4, -0.2) is 68.5 Å². The fourth-order valence-corrected chi connectivity index (χ4v) is 6.86. The monoisotopic (exact) mass is 933 g/mol. The summed E-state index contributed by atoms with van der Waals surface area (Å²) < 4.78 is 23.0. The van der Waals surface area contributed by atoms with Crippen molar-refractivity contribution >= 4 is 13.7 Å². The highest BCUT2D eigenvalue weighted by Crippen LogP contribution is 2.38. The maximum absolute atomic E-state index is 12.8. The van der Waals surface area contributed by atoms with Crippen molar-refractivity contribution in [2.24, 2.45) is 0 Å². The summed E-state index contributed by atoms with van der Waals surface area (Å²) >= 11 is 0. The first-order chi connectivity index (χ1) is 32.0. The molecule has 0 aromatic rings. The molecule has 0 aromatic heterocycles. The van der Waals surface area contributed by atoms with E-state index in [-0.39, 0.29) is 19.1 Å². The van der Waals surface area contributed by atoms with E-state index in [0.717, 1.165) is 122 Å². The van der Waals surface area contributed by atoms with E-state index in [2.05, 4.69) is 165 Å². The molecule has 0 aromatic carbocycles. The number of hydrogen-bond acceptors (Lipinski definition) is 6. The summed E-state index contributed by atoms with van der Waals surface area (Å²) in [6.45, 7) is 4.43. The van der Waals surface area contributed by atoms with Crippen LogP contribution in [-0.2, 0) is 18.4 Å². The molecule has 1 amide bonds. The molecule has 0 heterocycles. The molecule has 0 saturated carbocycles. The lowest BCUT2D eigenvalue weighted by molar-refractivity contribution is -0.870. The summed E-state index contributed by atoms with van der Waals surface area (Å²) in [5.74, 6) is -0.222. The van der Waals surface area contributed by atoms with Gasteiger partial charge in [0.15, 0.2) is 0 Å². The molecule has 3 unspecified atom stereocenters. The van der Waals surface area contributed by atoms with Crippen LogP contribution in [0, 0.1) is 0 Å². The number of phosphoric acid groups is 1. The first kappa shape index (κ1) is 62.4. The smallest absolute Gasteiger partial charge is 0.268 e. The number of quaternary nitrogens is 1. The third-order valence-electron chi connectivity index (χ3n) is 10.1. The first-order valence-corrected chi connectivity index (χ1v) is 26.6. The maximum atomic E-state index is 12.8. The SMILES string of the molecule is CC/C=C\C/C=C\C/C=C\C/C=C\C/C=C\C/C=C\C/C=C\C/C=C\C/C=C\C/C=C\C/C=C\C/C=C\CCCCC(=O)NC(COP(=O)([O-])OCC[N+](C)(C)C)C(O)CCCCCCC. The van der Waals surface area contributed by atoms with Gasteiger partial charge in [0.2, 0.25) is 5.91 Å². The lowest BCUT2D eigenvalue weighted by Crippen LogP contribution is -2.46. The summed E-state index contributed by atoms with van der Waals surface area (Å²) in [5.41, 5.74) is 0. The number of phosphoric ester groups is 1. The molecule has 0 saturated heterocycles. The molecule has 0 spiro atoms. The molecule has 66 heavy (non-hydrogen) atoms. The normalized spacial score (nSPS) is 15.3. The van der Waals surface area contributed by atoms with Crippen LogP contribution in [0.25, 0.3) is 0 Å². The summed E-state index contributed by atoms with van der Waals surface area (Å²) in [7, 11) is 1.24. The highest BCUT2D eigenvalue weighted by molar-refractivity contribution is 7.45. The van der Waals surface area contributed by atoms with E-state index in [4.69, 9.17) is 9.05 Å². The van der Waals surface area contributed by atoms with Crippen molar-refractivity contribution in [2.45, 2.75) is 167 Å². The minimum atomic E-state index is -4.57. The second-order valence-corrected chi connectivity index (χ2v) is 18.8.